The number of amides is 1. The SMILES string of the molecule is O=C(O)[C@H]1O[C@@H]1C(=O)NC(c1ccccc1)c1ccccc1.[Na]. The van der Waals surface area contributed by atoms with Crippen LogP contribution in [-0.4, -0.2) is 58.7 Å². The minimum atomic E-state index is -1.11. The molecule has 0 spiro atoms. The molecule has 2 aromatic carbocycles. The summed E-state index contributed by atoms with van der Waals surface area (Å²) in [6.45, 7) is 0. The Balaban J connectivity index is 0.00000192. The summed E-state index contributed by atoms with van der Waals surface area (Å²) in [7, 11) is 0. The van der Waals surface area contributed by atoms with E-state index >= 15 is 0 Å². The van der Waals surface area contributed by atoms with E-state index in [4.69, 9.17) is 9.84 Å². The first-order chi connectivity index (χ1) is 10.7. The van der Waals surface area contributed by atoms with Gasteiger partial charge in [-0.3, -0.25) is 4.79 Å². The second kappa shape index (κ2) is 7.75. The molecule has 2 aromatic rings. The molecule has 113 valence electrons. The van der Waals surface area contributed by atoms with Gasteiger partial charge in [0.1, 0.15) is 0 Å². The Kier molecular flexibility index (Phi) is 5.96. The van der Waals surface area contributed by atoms with Crippen molar-refractivity contribution < 1.29 is 19.4 Å². The third-order valence-corrected chi connectivity index (χ3v) is 3.55. The molecule has 2 N–H and O–H groups in total. The number of epoxide rings is 1. The summed E-state index contributed by atoms with van der Waals surface area (Å²) in [5, 5.41) is 11.7. The van der Waals surface area contributed by atoms with Crippen LogP contribution in [0.15, 0.2) is 60.7 Å². The van der Waals surface area contributed by atoms with E-state index in [-0.39, 0.29) is 35.6 Å². The minimum absolute atomic E-state index is 0. The molecule has 1 saturated heterocycles. The standard InChI is InChI=1S/C17H15NO4.Na/c19-16(14-15(22-14)17(20)21)18-13(11-7-3-1-4-8-11)12-9-5-2-6-10-12;/h1-10,13-15H,(H,18,19)(H,20,21);/t14-,15-;/m0./s1. The predicted octanol–water partition coefficient (Wildman–Crippen LogP) is 1.36. The Labute approximate surface area is 156 Å². The minimum Gasteiger partial charge on any atom is -0.479 e. The summed E-state index contributed by atoms with van der Waals surface area (Å²) in [5.41, 5.74) is 1.85. The van der Waals surface area contributed by atoms with Crippen LogP contribution in [0.5, 0.6) is 0 Å². The van der Waals surface area contributed by atoms with Gasteiger partial charge in [-0.2, -0.15) is 0 Å². The fourth-order valence-electron chi connectivity index (χ4n) is 2.37. The average molecular weight is 320 g/mol. The van der Waals surface area contributed by atoms with E-state index in [1.165, 1.54) is 0 Å². The van der Waals surface area contributed by atoms with Gasteiger partial charge in [-0.1, -0.05) is 60.7 Å². The molecule has 2 atom stereocenters. The molecule has 1 aliphatic heterocycles. The Bertz CT molecular complexity index is 638. The average Bonchev–Trinajstić information content (AvgIpc) is 3.35. The van der Waals surface area contributed by atoms with Gasteiger partial charge in [-0.15, -0.1) is 0 Å². The Morgan fingerprint density at radius 3 is 1.78 bits per heavy atom. The van der Waals surface area contributed by atoms with Crippen LogP contribution in [0.2, 0.25) is 0 Å². The zero-order valence-corrected chi connectivity index (χ0v) is 14.7. The maximum absolute atomic E-state index is 12.2. The van der Waals surface area contributed by atoms with E-state index in [9.17, 15) is 9.59 Å². The zero-order chi connectivity index (χ0) is 15.5. The molecule has 0 aromatic heterocycles. The Morgan fingerprint density at radius 1 is 0.913 bits per heavy atom. The molecule has 6 heteroatoms. The summed E-state index contributed by atoms with van der Waals surface area (Å²) in [6, 6.07) is 18.7. The fourth-order valence-corrected chi connectivity index (χ4v) is 2.37. The van der Waals surface area contributed by atoms with E-state index < -0.39 is 24.1 Å². The molecule has 1 heterocycles. The molecule has 5 nitrogen and oxygen atoms in total. The molecule has 1 fully saturated rings. The smallest absolute Gasteiger partial charge is 0.336 e. The van der Waals surface area contributed by atoms with Crippen molar-refractivity contribution in [2.75, 3.05) is 0 Å². The van der Waals surface area contributed by atoms with Crippen LogP contribution in [0.4, 0.5) is 0 Å². The van der Waals surface area contributed by atoms with E-state index in [0.29, 0.717) is 0 Å². The van der Waals surface area contributed by atoms with Gasteiger partial charge < -0.3 is 15.2 Å². The third kappa shape index (κ3) is 4.20. The number of hydrogen-bond acceptors (Lipinski definition) is 3. The van der Waals surface area contributed by atoms with Crippen molar-refractivity contribution in [2.24, 2.45) is 0 Å². The Morgan fingerprint density at radius 2 is 1.39 bits per heavy atom. The molecule has 1 radical (unpaired) electrons. The monoisotopic (exact) mass is 320 g/mol. The van der Waals surface area contributed by atoms with Crippen molar-refractivity contribution in [3.8, 4) is 0 Å². The van der Waals surface area contributed by atoms with Gasteiger partial charge in [0.15, 0.2) is 12.2 Å². The zero-order valence-electron chi connectivity index (χ0n) is 12.7. The summed E-state index contributed by atoms with van der Waals surface area (Å²) in [4.78, 5) is 23.0. The van der Waals surface area contributed by atoms with E-state index in [1.54, 1.807) is 0 Å². The normalized spacial score (nSPS) is 18.8. The van der Waals surface area contributed by atoms with E-state index in [2.05, 4.69) is 5.32 Å². The van der Waals surface area contributed by atoms with Crippen LogP contribution < -0.4 is 5.32 Å². The molecular weight excluding hydrogens is 305 g/mol. The first kappa shape index (κ1) is 17.7. The second-order valence-electron chi connectivity index (χ2n) is 5.08. The molecular formula is C17H15NNaO4. The van der Waals surface area contributed by atoms with Crippen LogP contribution in [0.3, 0.4) is 0 Å². The maximum atomic E-state index is 12.2. The van der Waals surface area contributed by atoms with Crippen molar-refractivity contribution in [2.45, 2.75) is 18.2 Å². The van der Waals surface area contributed by atoms with Crippen molar-refractivity contribution in [3.05, 3.63) is 71.8 Å². The second-order valence-corrected chi connectivity index (χ2v) is 5.08. The van der Waals surface area contributed by atoms with Crippen molar-refractivity contribution in [1.82, 2.24) is 5.32 Å². The first-order valence-corrected chi connectivity index (χ1v) is 6.95. The summed E-state index contributed by atoms with van der Waals surface area (Å²) in [6.07, 6.45) is -1.94. The molecule has 0 unspecified atom stereocenters. The van der Waals surface area contributed by atoms with Crippen LogP contribution in [0.25, 0.3) is 0 Å². The number of carboxylic acid groups (broad SMARTS) is 1. The van der Waals surface area contributed by atoms with Gasteiger partial charge in [0.2, 0.25) is 0 Å². The fraction of sp³-hybridized carbons (Fsp3) is 0.176. The number of carbonyl (C=O) groups is 2. The number of carbonyl (C=O) groups excluding carboxylic acids is 1. The largest absolute Gasteiger partial charge is 0.479 e. The van der Waals surface area contributed by atoms with Crippen molar-refractivity contribution in [1.29, 1.82) is 0 Å². The van der Waals surface area contributed by atoms with Crippen molar-refractivity contribution >= 4 is 41.4 Å². The van der Waals surface area contributed by atoms with Crippen molar-refractivity contribution in [3.63, 3.8) is 0 Å². The number of ether oxygens (including phenoxy) is 1. The summed E-state index contributed by atoms with van der Waals surface area (Å²) < 4.78 is 4.90. The quantitative estimate of drug-likeness (QED) is 0.644. The molecule has 0 aliphatic carbocycles. The number of nitrogens with one attached hydrogen (secondary N) is 1. The molecule has 0 bridgehead atoms. The van der Waals surface area contributed by atoms with Gasteiger partial charge in [-0.05, 0) is 11.1 Å². The molecule has 1 amide bonds. The third-order valence-electron chi connectivity index (χ3n) is 3.55. The van der Waals surface area contributed by atoms with Gasteiger partial charge in [0.25, 0.3) is 5.91 Å². The maximum Gasteiger partial charge on any atom is 0.336 e. The predicted molar refractivity (Wildman–Crippen MR) is 84.9 cm³/mol. The van der Waals surface area contributed by atoms with E-state index in [1.807, 2.05) is 60.7 Å². The van der Waals surface area contributed by atoms with Crippen LogP contribution in [0, 0.1) is 0 Å². The van der Waals surface area contributed by atoms with Gasteiger partial charge in [-0.25, -0.2) is 4.79 Å². The molecule has 23 heavy (non-hydrogen) atoms. The Hall–Kier alpha value is -1.66. The van der Waals surface area contributed by atoms with E-state index in [0.717, 1.165) is 11.1 Å². The summed E-state index contributed by atoms with van der Waals surface area (Å²) in [5.74, 6) is -1.53. The number of aliphatic carboxylic acids is 1. The van der Waals surface area contributed by atoms with Gasteiger partial charge >= 0.3 is 5.97 Å². The number of carboxylic acids is 1. The van der Waals surface area contributed by atoms with Gasteiger partial charge in [0, 0.05) is 29.6 Å². The first-order valence-electron chi connectivity index (χ1n) is 6.95. The molecule has 1 aliphatic rings. The van der Waals surface area contributed by atoms with Crippen LogP contribution >= 0.6 is 0 Å². The van der Waals surface area contributed by atoms with Gasteiger partial charge in [0.05, 0.1) is 6.04 Å². The number of rotatable bonds is 5. The number of benzene rings is 2. The van der Waals surface area contributed by atoms with Crippen LogP contribution in [-0.2, 0) is 14.3 Å². The molecule has 0 saturated carbocycles. The summed E-state index contributed by atoms with van der Waals surface area (Å²) >= 11 is 0. The van der Waals surface area contributed by atoms with Crippen LogP contribution in [0.1, 0.15) is 17.2 Å². The topological polar surface area (TPSA) is 78.9 Å². The number of hydrogen-bond donors (Lipinski definition) is 2. The molecule has 3 rings (SSSR count).